The van der Waals surface area contributed by atoms with Crippen molar-refractivity contribution in [2.24, 2.45) is 5.92 Å². The molecule has 0 saturated carbocycles. The molecule has 0 unspecified atom stereocenters. The van der Waals surface area contributed by atoms with Gasteiger partial charge in [-0.1, -0.05) is 26.7 Å². The fourth-order valence-corrected chi connectivity index (χ4v) is 1.92. The minimum atomic E-state index is 0.208. The summed E-state index contributed by atoms with van der Waals surface area (Å²) in [5.41, 5.74) is 0. The van der Waals surface area contributed by atoms with Gasteiger partial charge in [0, 0.05) is 26.1 Å². The van der Waals surface area contributed by atoms with Crippen LogP contribution in [-0.4, -0.2) is 37.0 Å². The van der Waals surface area contributed by atoms with E-state index in [4.69, 9.17) is 0 Å². The number of rotatable bonds is 5. The standard InChI is InChI=1S/C12H24N2O/c1-11(2)5-3-4-8-14-9-6-12(15)13-7-10-14/h11H,3-10H2,1-2H3,(H,13,15). The van der Waals surface area contributed by atoms with E-state index in [2.05, 4.69) is 24.1 Å². The molecule has 15 heavy (non-hydrogen) atoms. The second kappa shape index (κ2) is 6.83. The Morgan fingerprint density at radius 2 is 2.13 bits per heavy atom. The van der Waals surface area contributed by atoms with E-state index in [1.807, 2.05) is 0 Å². The van der Waals surface area contributed by atoms with Gasteiger partial charge in [-0.05, 0) is 18.9 Å². The average Bonchev–Trinajstić information content (AvgIpc) is 2.38. The number of amides is 1. The van der Waals surface area contributed by atoms with Crippen LogP contribution in [0.3, 0.4) is 0 Å². The maximum atomic E-state index is 11.1. The fourth-order valence-electron chi connectivity index (χ4n) is 1.92. The summed E-state index contributed by atoms with van der Waals surface area (Å²) < 4.78 is 0. The molecule has 1 fully saturated rings. The van der Waals surface area contributed by atoms with Gasteiger partial charge in [-0.2, -0.15) is 0 Å². The Kier molecular flexibility index (Phi) is 5.69. The second-order valence-corrected chi connectivity index (χ2v) is 4.83. The smallest absolute Gasteiger partial charge is 0.221 e. The molecule has 0 aliphatic carbocycles. The molecule has 3 heteroatoms. The first kappa shape index (κ1) is 12.5. The van der Waals surface area contributed by atoms with Crippen molar-refractivity contribution in [2.75, 3.05) is 26.2 Å². The van der Waals surface area contributed by atoms with Crippen molar-refractivity contribution in [2.45, 2.75) is 39.5 Å². The van der Waals surface area contributed by atoms with E-state index in [0.29, 0.717) is 6.42 Å². The van der Waals surface area contributed by atoms with E-state index in [9.17, 15) is 4.79 Å². The van der Waals surface area contributed by atoms with Crippen molar-refractivity contribution < 1.29 is 4.79 Å². The van der Waals surface area contributed by atoms with Gasteiger partial charge in [-0.25, -0.2) is 0 Å². The third-order valence-electron chi connectivity index (χ3n) is 2.91. The van der Waals surface area contributed by atoms with Crippen molar-refractivity contribution in [3.05, 3.63) is 0 Å². The number of nitrogens with zero attached hydrogens (tertiary/aromatic N) is 1. The maximum Gasteiger partial charge on any atom is 0.221 e. The molecule has 3 nitrogen and oxygen atoms in total. The van der Waals surface area contributed by atoms with Gasteiger partial charge in [0.05, 0.1) is 0 Å². The number of unbranched alkanes of at least 4 members (excludes halogenated alkanes) is 1. The van der Waals surface area contributed by atoms with Gasteiger partial charge >= 0.3 is 0 Å². The van der Waals surface area contributed by atoms with Gasteiger partial charge < -0.3 is 10.2 Å². The SMILES string of the molecule is CC(C)CCCCN1CCNC(=O)CC1. The highest BCUT2D eigenvalue weighted by Crippen LogP contribution is 2.07. The predicted octanol–water partition coefficient (Wildman–Crippen LogP) is 1.63. The van der Waals surface area contributed by atoms with Crippen LogP contribution in [0.1, 0.15) is 39.5 Å². The molecule has 88 valence electrons. The lowest BCUT2D eigenvalue weighted by Gasteiger charge is -2.18. The van der Waals surface area contributed by atoms with Gasteiger partial charge in [0.15, 0.2) is 0 Å². The molecule has 1 aliphatic heterocycles. The van der Waals surface area contributed by atoms with Crippen LogP contribution in [0.4, 0.5) is 0 Å². The van der Waals surface area contributed by atoms with Gasteiger partial charge in [0.1, 0.15) is 0 Å². The molecule has 1 aliphatic rings. The highest BCUT2D eigenvalue weighted by atomic mass is 16.1. The highest BCUT2D eigenvalue weighted by molar-refractivity contribution is 5.76. The number of hydrogen-bond acceptors (Lipinski definition) is 2. The van der Waals surface area contributed by atoms with Crippen LogP contribution >= 0.6 is 0 Å². The second-order valence-electron chi connectivity index (χ2n) is 4.83. The first-order chi connectivity index (χ1) is 7.18. The monoisotopic (exact) mass is 212 g/mol. The van der Waals surface area contributed by atoms with E-state index in [-0.39, 0.29) is 5.91 Å². The van der Waals surface area contributed by atoms with E-state index in [1.54, 1.807) is 0 Å². The molecule has 1 rings (SSSR count). The minimum absolute atomic E-state index is 0.208. The zero-order valence-corrected chi connectivity index (χ0v) is 10.1. The van der Waals surface area contributed by atoms with Crippen LogP contribution < -0.4 is 5.32 Å². The van der Waals surface area contributed by atoms with E-state index < -0.39 is 0 Å². The molecular formula is C12H24N2O. The molecule has 0 aromatic rings. The molecule has 1 saturated heterocycles. The topological polar surface area (TPSA) is 32.3 Å². The van der Waals surface area contributed by atoms with Gasteiger partial charge in [-0.3, -0.25) is 4.79 Å². The molecule has 0 aromatic carbocycles. The summed E-state index contributed by atoms with van der Waals surface area (Å²) in [6.45, 7) is 8.48. The lowest BCUT2D eigenvalue weighted by atomic mass is 10.1. The summed E-state index contributed by atoms with van der Waals surface area (Å²) in [5.74, 6) is 1.03. The third kappa shape index (κ3) is 5.78. The van der Waals surface area contributed by atoms with Crippen LogP contribution in [0, 0.1) is 5.92 Å². The zero-order valence-electron chi connectivity index (χ0n) is 10.1. The predicted molar refractivity (Wildman–Crippen MR) is 62.8 cm³/mol. The Morgan fingerprint density at radius 3 is 2.87 bits per heavy atom. The van der Waals surface area contributed by atoms with Gasteiger partial charge in [0.2, 0.25) is 5.91 Å². The van der Waals surface area contributed by atoms with Crippen LogP contribution in [0.15, 0.2) is 0 Å². The average molecular weight is 212 g/mol. The third-order valence-corrected chi connectivity index (χ3v) is 2.91. The molecular weight excluding hydrogens is 188 g/mol. The van der Waals surface area contributed by atoms with E-state index >= 15 is 0 Å². The number of carbonyl (C=O) groups is 1. The van der Waals surface area contributed by atoms with Crippen LogP contribution in [0.5, 0.6) is 0 Å². The Hall–Kier alpha value is -0.570. The van der Waals surface area contributed by atoms with E-state index in [1.165, 1.54) is 19.3 Å². The molecule has 1 amide bonds. The molecule has 0 bridgehead atoms. The Morgan fingerprint density at radius 1 is 1.33 bits per heavy atom. The Labute approximate surface area is 93.2 Å². The van der Waals surface area contributed by atoms with E-state index in [0.717, 1.165) is 32.1 Å². The molecule has 0 atom stereocenters. The fraction of sp³-hybridized carbons (Fsp3) is 0.917. The van der Waals surface area contributed by atoms with Gasteiger partial charge in [0.25, 0.3) is 0 Å². The maximum absolute atomic E-state index is 11.1. The summed E-state index contributed by atoms with van der Waals surface area (Å²) in [5, 5.41) is 2.90. The molecule has 0 spiro atoms. The summed E-state index contributed by atoms with van der Waals surface area (Å²) >= 11 is 0. The first-order valence-corrected chi connectivity index (χ1v) is 6.17. The summed E-state index contributed by atoms with van der Waals surface area (Å²) in [6.07, 6.45) is 4.58. The number of carbonyl (C=O) groups excluding carboxylic acids is 1. The Balaban J connectivity index is 2.07. The molecule has 0 radical (unpaired) electrons. The molecule has 1 N–H and O–H groups in total. The minimum Gasteiger partial charge on any atom is -0.355 e. The first-order valence-electron chi connectivity index (χ1n) is 6.17. The van der Waals surface area contributed by atoms with Crippen molar-refractivity contribution in [3.8, 4) is 0 Å². The van der Waals surface area contributed by atoms with Crippen LogP contribution in [0.2, 0.25) is 0 Å². The Bertz CT molecular complexity index is 192. The zero-order chi connectivity index (χ0) is 11.1. The summed E-state index contributed by atoms with van der Waals surface area (Å²) in [6, 6.07) is 0. The summed E-state index contributed by atoms with van der Waals surface area (Å²) in [7, 11) is 0. The number of hydrogen-bond donors (Lipinski definition) is 1. The summed E-state index contributed by atoms with van der Waals surface area (Å²) in [4.78, 5) is 13.5. The molecule has 0 aromatic heterocycles. The normalized spacial score (nSPS) is 19.0. The van der Waals surface area contributed by atoms with Crippen molar-refractivity contribution in [1.29, 1.82) is 0 Å². The quantitative estimate of drug-likeness (QED) is 0.703. The van der Waals surface area contributed by atoms with Crippen molar-refractivity contribution >= 4 is 5.91 Å². The largest absolute Gasteiger partial charge is 0.355 e. The lowest BCUT2D eigenvalue weighted by Crippen LogP contribution is -2.29. The molecule has 1 heterocycles. The van der Waals surface area contributed by atoms with Crippen molar-refractivity contribution in [3.63, 3.8) is 0 Å². The van der Waals surface area contributed by atoms with Crippen molar-refractivity contribution in [1.82, 2.24) is 10.2 Å². The highest BCUT2D eigenvalue weighted by Gasteiger charge is 2.12. The number of nitrogens with one attached hydrogen (secondary N) is 1. The lowest BCUT2D eigenvalue weighted by molar-refractivity contribution is -0.120. The van der Waals surface area contributed by atoms with Gasteiger partial charge in [-0.15, -0.1) is 0 Å². The van der Waals surface area contributed by atoms with Crippen LogP contribution in [-0.2, 0) is 4.79 Å². The van der Waals surface area contributed by atoms with Crippen LogP contribution in [0.25, 0.3) is 0 Å².